The third kappa shape index (κ3) is 6.37. The lowest BCUT2D eigenvalue weighted by Crippen LogP contribution is -2.41. The van der Waals surface area contributed by atoms with E-state index in [0.29, 0.717) is 16.8 Å². The number of amides is 1. The van der Waals surface area contributed by atoms with E-state index in [4.69, 9.17) is 5.73 Å². The van der Waals surface area contributed by atoms with Crippen LogP contribution in [-0.4, -0.2) is 33.2 Å². The van der Waals surface area contributed by atoms with E-state index < -0.39 is 26.5 Å². The molecule has 0 aliphatic heterocycles. The number of benzene rings is 1. The van der Waals surface area contributed by atoms with Gasteiger partial charge >= 0.3 is 0 Å². The molecule has 1 rings (SSSR count). The third-order valence-corrected chi connectivity index (χ3v) is 4.58. The van der Waals surface area contributed by atoms with Crippen molar-refractivity contribution in [3.63, 3.8) is 0 Å². The highest BCUT2D eigenvalue weighted by molar-refractivity contribution is 9.10. The predicted octanol–water partition coefficient (Wildman–Crippen LogP) is 2.52. The molecule has 1 unspecified atom stereocenters. The Morgan fingerprint density at radius 1 is 1.39 bits per heavy atom. The van der Waals surface area contributed by atoms with Crippen molar-refractivity contribution in [3.8, 4) is 0 Å². The molecule has 0 radical (unpaired) electrons. The number of carbonyl (C=O) groups excluding carboxylic acids is 1. The summed E-state index contributed by atoms with van der Waals surface area (Å²) < 4.78 is 37.8. The van der Waals surface area contributed by atoms with Crippen molar-refractivity contribution in [3.05, 3.63) is 28.0 Å². The molecule has 1 aromatic carbocycles. The van der Waals surface area contributed by atoms with Crippen LogP contribution in [0, 0.1) is 11.7 Å². The topological polar surface area (TPSA) is 89.3 Å². The summed E-state index contributed by atoms with van der Waals surface area (Å²) in [5.74, 6) is -1.42. The minimum absolute atomic E-state index is 0. The number of hydrogen-bond acceptors (Lipinski definition) is 4. The van der Waals surface area contributed by atoms with Crippen molar-refractivity contribution in [1.29, 1.82) is 0 Å². The molecule has 9 heteroatoms. The fraction of sp³-hybridized carbons (Fsp3) is 0.500. The molecule has 0 aromatic heterocycles. The van der Waals surface area contributed by atoms with Gasteiger partial charge in [-0.3, -0.25) is 4.79 Å². The Labute approximate surface area is 150 Å². The van der Waals surface area contributed by atoms with Crippen molar-refractivity contribution in [1.82, 2.24) is 5.32 Å². The highest BCUT2D eigenvalue weighted by Gasteiger charge is 2.23. The number of nitrogens with two attached hydrogens (primary N) is 1. The number of carbonyl (C=O) groups is 1. The maximum Gasteiger partial charge on any atom is 0.254 e. The van der Waals surface area contributed by atoms with E-state index in [0.717, 1.165) is 12.3 Å². The zero-order valence-corrected chi connectivity index (χ0v) is 16.3. The summed E-state index contributed by atoms with van der Waals surface area (Å²) in [6, 6.07) is 2.09. The monoisotopic (exact) mass is 430 g/mol. The number of hydrogen-bond donors (Lipinski definition) is 2. The molecule has 3 N–H and O–H groups in total. The molecule has 5 nitrogen and oxygen atoms in total. The Morgan fingerprint density at radius 2 is 1.96 bits per heavy atom. The van der Waals surface area contributed by atoms with Crippen LogP contribution in [0.2, 0.25) is 0 Å². The summed E-state index contributed by atoms with van der Waals surface area (Å²) in [5, 5.41) is 2.64. The summed E-state index contributed by atoms with van der Waals surface area (Å²) in [5.41, 5.74) is 5.28. The molecule has 0 spiro atoms. The second kappa shape index (κ2) is 8.96. The van der Waals surface area contributed by atoms with Gasteiger partial charge in [0.25, 0.3) is 5.91 Å². The number of halogens is 3. The summed E-state index contributed by atoms with van der Waals surface area (Å²) >= 11 is 3.10. The maximum absolute atomic E-state index is 14.3. The molecule has 1 atom stereocenters. The van der Waals surface area contributed by atoms with Crippen LogP contribution in [-0.2, 0) is 9.84 Å². The average Bonchev–Trinajstić information content (AvgIpc) is 2.38. The Hall–Kier alpha value is -0.700. The van der Waals surface area contributed by atoms with E-state index in [9.17, 15) is 17.6 Å². The normalized spacial score (nSPS) is 12.7. The van der Waals surface area contributed by atoms with E-state index in [-0.39, 0.29) is 30.6 Å². The molecule has 0 fully saturated rings. The lowest BCUT2D eigenvalue weighted by atomic mass is 10.0. The average molecular weight is 432 g/mol. The van der Waals surface area contributed by atoms with E-state index in [1.807, 2.05) is 13.8 Å². The molecule has 1 amide bonds. The Kier molecular flexibility index (Phi) is 8.69. The van der Waals surface area contributed by atoms with Gasteiger partial charge in [0.1, 0.15) is 4.90 Å². The van der Waals surface area contributed by atoms with Crippen LogP contribution in [0.25, 0.3) is 0 Å². The van der Waals surface area contributed by atoms with Gasteiger partial charge in [-0.25, -0.2) is 12.8 Å². The first-order chi connectivity index (χ1) is 10.1. The van der Waals surface area contributed by atoms with E-state index in [1.54, 1.807) is 0 Å². The SMILES string of the molecule is CC(C)CC(CN)NC(=O)c1cc(Br)cc(S(C)(=O)=O)c1F.Cl. The van der Waals surface area contributed by atoms with E-state index in [1.165, 1.54) is 6.07 Å². The number of nitrogens with one attached hydrogen (secondary N) is 1. The Balaban J connectivity index is 0.00000484. The van der Waals surface area contributed by atoms with Crippen LogP contribution < -0.4 is 11.1 Å². The lowest BCUT2D eigenvalue weighted by Gasteiger charge is -2.19. The van der Waals surface area contributed by atoms with E-state index in [2.05, 4.69) is 21.2 Å². The van der Waals surface area contributed by atoms with Gasteiger partial charge in [0.15, 0.2) is 15.7 Å². The molecule has 23 heavy (non-hydrogen) atoms. The van der Waals surface area contributed by atoms with Crippen molar-refractivity contribution < 1.29 is 17.6 Å². The first-order valence-corrected chi connectivity index (χ1v) is 9.44. The van der Waals surface area contributed by atoms with Gasteiger partial charge in [0.2, 0.25) is 0 Å². The fourth-order valence-corrected chi connectivity index (χ4v) is 3.43. The minimum atomic E-state index is -3.77. The zero-order chi connectivity index (χ0) is 17.1. The van der Waals surface area contributed by atoms with Gasteiger partial charge < -0.3 is 11.1 Å². The highest BCUT2D eigenvalue weighted by Crippen LogP contribution is 2.24. The first kappa shape index (κ1) is 22.3. The van der Waals surface area contributed by atoms with Crippen LogP contribution in [0.15, 0.2) is 21.5 Å². The van der Waals surface area contributed by atoms with Crippen LogP contribution in [0.5, 0.6) is 0 Å². The summed E-state index contributed by atoms with van der Waals surface area (Å²) in [7, 11) is -3.77. The van der Waals surface area contributed by atoms with Crippen LogP contribution >= 0.6 is 28.3 Å². The fourth-order valence-electron chi connectivity index (χ4n) is 2.05. The van der Waals surface area contributed by atoms with Gasteiger partial charge in [0.05, 0.1) is 5.56 Å². The molecule has 0 bridgehead atoms. The highest BCUT2D eigenvalue weighted by atomic mass is 79.9. The number of sulfone groups is 1. The summed E-state index contributed by atoms with van der Waals surface area (Å²) in [6.45, 7) is 4.19. The van der Waals surface area contributed by atoms with E-state index >= 15 is 0 Å². The van der Waals surface area contributed by atoms with Crippen molar-refractivity contribution >= 4 is 44.1 Å². The summed E-state index contributed by atoms with van der Waals surface area (Å²) in [6.07, 6.45) is 1.54. The smallest absolute Gasteiger partial charge is 0.254 e. The first-order valence-electron chi connectivity index (χ1n) is 6.76. The number of rotatable bonds is 6. The molecule has 0 aliphatic rings. The molecule has 0 aliphatic carbocycles. The molecular formula is C14H21BrClFN2O3S. The van der Waals surface area contributed by atoms with Crippen molar-refractivity contribution in [2.45, 2.75) is 31.2 Å². The van der Waals surface area contributed by atoms with Crippen LogP contribution in [0.3, 0.4) is 0 Å². The van der Waals surface area contributed by atoms with Crippen LogP contribution in [0.4, 0.5) is 4.39 Å². The summed E-state index contributed by atoms with van der Waals surface area (Å²) in [4.78, 5) is 11.7. The van der Waals surface area contributed by atoms with Crippen molar-refractivity contribution in [2.75, 3.05) is 12.8 Å². The molecule has 0 heterocycles. The van der Waals surface area contributed by atoms with Gasteiger partial charge in [-0.2, -0.15) is 0 Å². The van der Waals surface area contributed by atoms with Crippen molar-refractivity contribution in [2.24, 2.45) is 11.7 Å². The lowest BCUT2D eigenvalue weighted by molar-refractivity contribution is 0.0929. The largest absolute Gasteiger partial charge is 0.348 e. The third-order valence-electron chi connectivity index (χ3n) is 3.02. The molecular weight excluding hydrogens is 411 g/mol. The predicted molar refractivity (Wildman–Crippen MR) is 94.2 cm³/mol. The minimum Gasteiger partial charge on any atom is -0.348 e. The van der Waals surface area contributed by atoms with Crippen LogP contribution in [0.1, 0.15) is 30.6 Å². The zero-order valence-electron chi connectivity index (χ0n) is 13.1. The van der Waals surface area contributed by atoms with Gasteiger partial charge in [-0.05, 0) is 24.5 Å². The maximum atomic E-state index is 14.3. The van der Waals surface area contributed by atoms with Gasteiger partial charge in [0, 0.05) is 23.3 Å². The Morgan fingerprint density at radius 3 is 2.39 bits per heavy atom. The molecule has 1 aromatic rings. The second-order valence-electron chi connectivity index (χ2n) is 5.57. The molecule has 132 valence electrons. The standard InChI is InChI=1S/C14H20BrFN2O3S.ClH/c1-8(2)4-10(7-17)18-14(19)11-5-9(15)6-12(13(11)16)22(3,20)21;/h5-6,8,10H,4,7,17H2,1-3H3,(H,18,19);1H. The Bertz CT molecular complexity index is 668. The van der Waals surface area contributed by atoms with Gasteiger partial charge in [-0.15, -0.1) is 12.4 Å². The van der Waals surface area contributed by atoms with Gasteiger partial charge in [-0.1, -0.05) is 29.8 Å². The molecule has 0 saturated carbocycles. The molecule has 0 saturated heterocycles. The quantitative estimate of drug-likeness (QED) is 0.724. The second-order valence-corrected chi connectivity index (χ2v) is 8.47.